The summed E-state index contributed by atoms with van der Waals surface area (Å²) in [6, 6.07) is 13.8. The molecule has 0 aliphatic carbocycles. The fourth-order valence-electron chi connectivity index (χ4n) is 2.20. The highest BCUT2D eigenvalue weighted by Crippen LogP contribution is 2.20. The molecule has 1 atom stereocenters. The Morgan fingerprint density at radius 1 is 1.17 bits per heavy atom. The normalized spacial score (nSPS) is 12.5. The molecule has 2 aromatic carbocycles. The molecule has 2 aromatic rings. The Labute approximate surface area is 174 Å². The summed E-state index contributed by atoms with van der Waals surface area (Å²) >= 11 is 5.91. The van der Waals surface area contributed by atoms with Crippen molar-refractivity contribution in [3.05, 3.63) is 70.1 Å². The number of aryl methyl sites for hydroxylation is 1. The van der Waals surface area contributed by atoms with Crippen molar-refractivity contribution in [3.63, 3.8) is 0 Å². The van der Waals surface area contributed by atoms with E-state index in [0.717, 1.165) is 11.0 Å². The molecule has 0 heterocycles. The minimum absolute atomic E-state index is 0.452. The molecule has 2 N–H and O–H groups in total. The largest absolute Gasteiger partial charge is 0.452 e. The van der Waals surface area contributed by atoms with Gasteiger partial charge in [0.05, 0.1) is 0 Å². The summed E-state index contributed by atoms with van der Waals surface area (Å²) in [4.78, 5) is 24.1. The second-order valence-corrected chi connectivity index (χ2v) is 8.25. The molecule has 0 aliphatic heterocycles. The van der Waals surface area contributed by atoms with Crippen molar-refractivity contribution in [3.8, 4) is 0 Å². The lowest BCUT2D eigenvalue weighted by Crippen LogP contribution is -2.35. The van der Waals surface area contributed by atoms with Crippen LogP contribution in [0.1, 0.15) is 18.1 Å². The molecule has 29 heavy (non-hydrogen) atoms. The van der Waals surface area contributed by atoms with E-state index in [9.17, 15) is 18.0 Å². The molecule has 0 spiro atoms. The number of sulfonamides is 1. The number of halogens is 1. The minimum atomic E-state index is -3.84. The molecule has 2 rings (SSSR count). The van der Waals surface area contributed by atoms with Crippen molar-refractivity contribution in [2.75, 3.05) is 11.9 Å². The van der Waals surface area contributed by atoms with E-state index in [0.29, 0.717) is 16.3 Å². The van der Waals surface area contributed by atoms with Crippen molar-refractivity contribution >= 4 is 45.3 Å². The fourth-order valence-corrected chi connectivity index (χ4v) is 3.12. The van der Waals surface area contributed by atoms with Gasteiger partial charge in [-0.3, -0.25) is 9.59 Å². The summed E-state index contributed by atoms with van der Waals surface area (Å²) < 4.78 is 31.0. The molecule has 154 valence electrons. The molecule has 7 nitrogen and oxygen atoms in total. The lowest BCUT2D eigenvalue weighted by atomic mass is 10.2. The minimum Gasteiger partial charge on any atom is -0.452 e. The molecule has 1 unspecified atom stereocenters. The monoisotopic (exact) mass is 436 g/mol. The van der Waals surface area contributed by atoms with Gasteiger partial charge in [0.25, 0.3) is 5.91 Å². The number of carbonyl (C=O) groups excluding carboxylic acids is 2. The van der Waals surface area contributed by atoms with E-state index < -0.39 is 34.5 Å². The average Bonchev–Trinajstić information content (AvgIpc) is 2.68. The number of hydrogen-bond acceptors (Lipinski definition) is 5. The van der Waals surface area contributed by atoms with Crippen LogP contribution in [-0.4, -0.2) is 32.9 Å². The highest BCUT2D eigenvalue weighted by atomic mass is 35.5. The summed E-state index contributed by atoms with van der Waals surface area (Å²) in [5, 5.41) is 4.02. The Balaban J connectivity index is 1.85. The van der Waals surface area contributed by atoms with Gasteiger partial charge in [0.15, 0.2) is 6.10 Å². The van der Waals surface area contributed by atoms with Crippen LogP contribution >= 0.6 is 11.6 Å². The van der Waals surface area contributed by atoms with E-state index in [1.807, 2.05) is 6.07 Å². The molecule has 9 heteroatoms. The molecule has 0 aliphatic rings. The number of nitrogens with one attached hydrogen (secondary N) is 2. The number of anilines is 1. The van der Waals surface area contributed by atoms with E-state index in [-0.39, 0.29) is 0 Å². The zero-order chi connectivity index (χ0) is 21.4. The van der Waals surface area contributed by atoms with Gasteiger partial charge in [0.1, 0.15) is 6.54 Å². The Morgan fingerprint density at radius 2 is 1.86 bits per heavy atom. The van der Waals surface area contributed by atoms with Gasteiger partial charge < -0.3 is 10.1 Å². The standard InChI is InChI=1S/C20H21ClN2O5S/c1-14-8-9-17(21)12-18(14)23-20(25)15(2)28-19(24)13-22-29(26,27)11-10-16-6-4-3-5-7-16/h3-12,15,22H,13H2,1-2H3,(H,23,25)/b11-10+. The van der Waals surface area contributed by atoms with Crippen LogP contribution in [-0.2, 0) is 24.3 Å². The third-order valence-corrected chi connectivity index (χ3v) is 5.07. The van der Waals surface area contributed by atoms with E-state index in [1.165, 1.54) is 13.0 Å². The maximum Gasteiger partial charge on any atom is 0.321 e. The SMILES string of the molecule is Cc1ccc(Cl)cc1NC(=O)C(C)OC(=O)CNS(=O)(=O)/C=C/c1ccccc1. The average molecular weight is 437 g/mol. The molecule has 0 fully saturated rings. The van der Waals surface area contributed by atoms with Crippen molar-refractivity contribution in [2.45, 2.75) is 20.0 Å². The van der Waals surface area contributed by atoms with Crippen molar-refractivity contribution in [2.24, 2.45) is 0 Å². The van der Waals surface area contributed by atoms with Crippen LogP contribution in [0.4, 0.5) is 5.69 Å². The van der Waals surface area contributed by atoms with Gasteiger partial charge in [-0.1, -0.05) is 48.0 Å². The molecule has 0 saturated heterocycles. The number of ether oxygens (including phenoxy) is 1. The smallest absolute Gasteiger partial charge is 0.321 e. The summed E-state index contributed by atoms with van der Waals surface area (Å²) in [5.41, 5.74) is 1.98. The molecule has 0 aromatic heterocycles. The summed E-state index contributed by atoms with van der Waals surface area (Å²) in [7, 11) is -3.84. The predicted octanol–water partition coefficient (Wildman–Crippen LogP) is 3.11. The molecule has 0 saturated carbocycles. The van der Waals surface area contributed by atoms with Gasteiger partial charge in [-0.2, -0.15) is 0 Å². The number of amides is 1. The van der Waals surface area contributed by atoms with Gasteiger partial charge >= 0.3 is 5.97 Å². The third-order valence-electron chi connectivity index (χ3n) is 3.79. The van der Waals surface area contributed by atoms with Crippen LogP contribution in [0.2, 0.25) is 5.02 Å². The summed E-state index contributed by atoms with van der Waals surface area (Å²) in [6.45, 7) is 2.58. The fraction of sp³-hybridized carbons (Fsp3) is 0.200. The first-order chi connectivity index (χ1) is 13.7. The van der Waals surface area contributed by atoms with E-state index in [1.54, 1.807) is 49.4 Å². The zero-order valence-electron chi connectivity index (χ0n) is 15.9. The van der Waals surface area contributed by atoms with Crippen LogP contribution < -0.4 is 10.0 Å². The van der Waals surface area contributed by atoms with Gasteiger partial charge in [-0.25, -0.2) is 13.1 Å². The van der Waals surface area contributed by atoms with Crippen LogP contribution in [0, 0.1) is 6.92 Å². The molecular formula is C20H21ClN2O5S. The summed E-state index contributed by atoms with van der Waals surface area (Å²) in [6.07, 6.45) is 0.280. The second-order valence-electron chi connectivity index (χ2n) is 6.16. The molecule has 1 amide bonds. The van der Waals surface area contributed by atoms with Gasteiger partial charge in [-0.05, 0) is 43.2 Å². The van der Waals surface area contributed by atoms with Crippen LogP contribution in [0.3, 0.4) is 0 Å². The number of benzene rings is 2. The number of hydrogen-bond donors (Lipinski definition) is 2. The van der Waals surface area contributed by atoms with Gasteiger partial charge in [0, 0.05) is 16.1 Å². The van der Waals surface area contributed by atoms with E-state index >= 15 is 0 Å². The molecular weight excluding hydrogens is 416 g/mol. The number of rotatable bonds is 8. The maximum absolute atomic E-state index is 12.2. The Kier molecular flexibility index (Phi) is 7.95. The van der Waals surface area contributed by atoms with Crippen LogP contribution in [0.25, 0.3) is 6.08 Å². The Hall–Kier alpha value is -2.68. The molecule has 0 bridgehead atoms. The zero-order valence-corrected chi connectivity index (χ0v) is 17.5. The highest BCUT2D eigenvalue weighted by molar-refractivity contribution is 7.92. The first-order valence-electron chi connectivity index (χ1n) is 8.65. The predicted molar refractivity (Wildman–Crippen MR) is 113 cm³/mol. The molecule has 0 radical (unpaired) electrons. The Bertz CT molecular complexity index is 1010. The maximum atomic E-state index is 12.2. The van der Waals surface area contributed by atoms with Gasteiger partial charge in [-0.15, -0.1) is 0 Å². The van der Waals surface area contributed by atoms with Crippen LogP contribution in [0.5, 0.6) is 0 Å². The topological polar surface area (TPSA) is 102 Å². The van der Waals surface area contributed by atoms with Crippen molar-refractivity contribution in [1.29, 1.82) is 0 Å². The van der Waals surface area contributed by atoms with E-state index in [4.69, 9.17) is 16.3 Å². The Morgan fingerprint density at radius 3 is 2.55 bits per heavy atom. The first-order valence-corrected chi connectivity index (χ1v) is 10.6. The lowest BCUT2D eigenvalue weighted by molar-refractivity contribution is -0.151. The van der Waals surface area contributed by atoms with Crippen LogP contribution in [0.15, 0.2) is 53.9 Å². The highest BCUT2D eigenvalue weighted by Gasteiger charge is 2.19. The second kappa shape index (κ2) is 10.2. The third kappa shape index (κ3) is 7.69. The number of carbonyl (C=O) groups is 2. The number of esters is 1. The van der Waals surface area contributed by atoms with Crippen molar-refractivity contribution < 1.29 is 22.7 Å². The lowest BCUT2D eigenvalue weighted by Gasteiger charge is -2.15. The first kappa shape index (κ1) is 22.6. The van der Waals surface area contributed by atoms with Crippen molar-refractivity contribution in [1.82, 2.24) is 4.72 Å². The van der Waals surface area contributed by atoms with E-state index in [2.05, 4.69) is 10.0 Å². The van der Waals surface area contributed by atoms with Gasteiger partial charge in [0.2, 0.25) is 10.0 Å². The summed E-state index contributed by atoms with van der Waals surface area (Å²) in [5.74, 6) is -1.44. The quantitative estimate of drug-likeness (QED) is 0.619.